The zero-order valence-corrected chi connectivity index (χ0v) is 11.5. The average Bonchev–Trinajstić information content (AvgIpc) is 2.42. The molecular weight excluding hydrogens is 241 g/mol. The van der Waals surface area contributed by atoms with Crippen LogP contribution >= 0.6 is 0 Å². The number of carbonyl (C=O) groups excluding carboxylic acids is 1. The minimum atomic E-state index is -0.444. The first-order valence-electron chi connectivity index (χ1n) is 7.21. The van der Waals surface area contributed by atoms with Crippen LogP contribution in [-0.4, -0.2) is 12.5 Å². The Hall–Kier alpha value is -1.38. The Bertz CT molecular complexity index is 438. The first kappa shape index (κ1) is 14.0. The Morgan fingerprint density at radius 2 is 2.05 bits per heavy atom. The topological polar surface area (TPSA) is 29.1 Å². The van der Waals surface area contributed by atoms with Crippen LogP contribution in [0.25, 0.3) is 0 Å². The van der Waals surface area contributed by atoms with Gasteiger partial charge in [0.25, 0.3) is 5.91 Å². The number of benzene rings is 1. The predicted molar refractivity (Wildman–Crippen MR) is 74.7 cm³/mol. The molecule has 1 aliphatic rings. The van der Waals surface area contributed by atoms with Crippen LogP contribution in [0.15, 0.2) is 18.2 Å². The quantitative estimate of drug-likeness (QED) is 0.878. The lowest BCUT2D eigenvalue weighted by atomic mass is 9.87. The summed E-state index contributed by atoms with van der Waals surface area (Å²) in [6.45, 7) is 2.51. The fourth-order valence-electron chi connectivity index (χ4n) is 2.77. The maximum atomic E-state index is 13.5. The molecule has 0 saturated heterocycles. The number of amides is 1. The van der Waals surface area contributed by atoms with Gasteiger partial charge in [-0.15, -0.1) is 0 Å². The molecule has 0 atom stereocenters. The molecule has 104 valence electrons. The zero-order chi connectivity index (χ0) is 13.7. The predicted octanol–water partition coefficient (Wildman–Crippen LogP) is 3.83. The van der Waals surface area contributed by atoms with Crippen LogP contribution in [-0.2, 0) is 0 Å². The number of hydrogen-bond acceptors (Lipinski definition) is 1. The van der Waals surface area contributed by atoms with Gasteiger partial charge in [0, 0.05) is 6.54 Å². The van der Waals surface area contributed by atoms with Gasteiger partial charge in [-0.2, -0.15) is 0 Å². The van der Waals surface area contributed by atoms with Gasteiger partial charge < -0.3 is 5.32 Å². The van der Waals surface area contributed by atoms with E-state index < -0.39 is 5.82 Å². The lowest BCUT2D eigenvalue weighted by Crippen LogP contribution is -2.27. The molecule has 1 N–H and O–H groups in total. The molecule has 0 unspecified atom stereocenters. The highest BCUT2D eigenvalue weighted by Gasteiger charge is 2.15. The fourth-order valence-corrected chi connectivity index (χ4v) is 2.77. The van der Waals surface area contributed by atoms with Crippen LogP contribution < -0.4 is 5.32 Å². The van der Waals surface area contributed by atoms with Gasteiger partial charge in [-0.1, -0.05) is 43.7 Å². The summed E-state index contributed by atoms with van der Waals surface area (Å²) in [4.78, 5) is 11.9. The van der Waals surface area contributed by atoms with Crippen LogP contribution in [0.2, 0.25) is 0 Å². The van der Waals surface area contributed by atoms with Crippen LogP contribution in [0.4, 0.5) is 4.39 Å². The van der Waals surface area contributed by atoms with Gasteiger partial charge >= 0.3 is 0 Å². The molecule has 0 heterocycles. The van der Waals surface area contributed by atoms with E-state index in [0.29, 0.717) is 6.54 Å². The number of carbonyl (C=O) groups is 1. The van der Waals surface area contributed by atoms with E-state index in [2.05, 4.69) is 5.32 Å². The summed E-state index contributed by atoms with van der Waals surface area (Å²) in [7, 11) is 0. The normalized spacial score (nSPS) is 16.3. The van der Waals surface area contributed by atoms with Gasteiger partial charge in [0.1, 0.15) is 5.82 Å². The molecule has 0 radical (unpaired) electrons. The Kier molecular flexibility index (Phi) is 4.94. The number of aryl methyl sites for hydroxylation is 1. The highest BCUT2D eigenvalue weighted by molar-refractivity contribution is 5.94. The summed E-state index contributed by atoms with van der Waals surface area (Å²) in [6, 6.07) is 4.63. The molecule has 2 nitrogen and oxygen atoms in total. The van der Waals surface area contributed by atoms with Crippen molar-refractivity contribution in [1.29, 1.82) is 0 Å². The van der Waals surface area contributed by atoms with E-state index in [9.17, 15) is 9.18 Å². The zero-order valence-electron chi connectivity index (χ0n) is 11.5. The van der Waals surface area contributed by atoms with E-state index in [0.717, 1.165) is 17.9 Å². The van der Waals surface area contributed by atoms with Crippen molar-refractivity contribution in [1.82, 2.24) is 5.32 Å². The van der Waals surface area contributed by atoms with Crippen LogP contribution in [0.5, 0.6) is 0 Å². The van der Waals surface area contributed by atoms with E-state index in [4.69, 9.17) is 0 Å². The molecule has 3 heteroatoms. The van der Waals surface area contributed by atoms with E-state index in [1.54, 1.807) is 12.1 Å². The first-order chi connectivity index (χ1) is 9.16. The second kappa shape index (κ2) is 6.69. The molecule has 1 fully saturated rings. The van der Waals surface area contributed by atoms with Crippen molar-refractivity contribution in [2.75, 3.05) is 6.54 Å². The van der Waals surface area contributed by atoms with E-state index in [-0.39, 0.29) is 11.5 Å². The highest BCUT2D eigenvalue weighted by Crippen LogP contribution is 2.25. The standard InChI is InChI=1S/C16H22FNO/c1-12-7-8-15(17)14(11-12)16(19)18-10-9-13-5-3-2-4-6-13/h7-8,11,13H,2-6,9-10H2,1H3,(H,18,19). The molecule has 0 bridgehead atoms. The van der Waals surface area contributed by atoms with Crippen LogP contribution in [0.1, 0.15) is 54.4 Å². The van der Waals surface area contributed by atoms with Gasteiger partial charge in [-0.05, 0) is 31.4 Å². The Balaban J connectivity index is 1.82. The van der Waals surface area contributed by atoms with Crippen LogP contribution in [0.3, 0.4) is 0 Å². The lowest BCUT2D eigenvalue weighted by molar-refractivity contribution is 0.0946. The van der Waals surface area contributed by atoms with Crippen molar-refractivity contribution >= 4 is 5.91 Å². The van der Waals surface area contributed by atoms with Crippen molar-refractivity contribution in [3.05, 3.63) is 35.1 Å². The van der Waals surface area contributed by atoms with E-state index >= 15 is 0 Å². The van der Waals surface area contributed by atoms with Gasteiger partial charge in [0.2, 0.25) is 0 Å². The van der Waals surface area contributed by atoms with Crippen molar-refractivity contribution in [2.24, 2.45) is 5.92 Å². The number of halogens is 1. The van der Waals surface area contributed by atoms with Gasteiger partial charge in [0.15, 0.2) is 0 Å². The monoisotopic (exact) mass is 263 g/mol. The molecule has 1 aliphatic carbocycles. The Labute approximate surface area is 114 Å². The molecule has 1 amide bonds. The Morgan fingerprint density at radius 3 is 2.79 bits per heavy atom. The smallest absolute Gasteiger partial charge is 0.254 e. The largest absolute Gasteiger partial charge is 0.352 e. The number of hydrogen-bond donors (Lipinski definition) is 1. The molecule has 2 rings (SSSR count). The van der Waals surface area contributed by atoms with E-state index in [1.807, 2.05) is 6.92 Å². The average molecular weight is 263 g/mol. The van der Waals surface area contributed by atoms with Gasteiger partial charge in [0.05, 0.1) is 5.56 Å². The molecule has 1 aromatic rings. The maximum absolute atomic E-state index is 13.5. The summed E-state index contributed by atoms with van der Waals surface area (Å²) in [5, 5.41) is 2.84. The second-order valence-corrected chi connectivity index (χ2v) is 5.53. The van der Waals surface area contributed by atoms with Crippen molar-refractivity contribution in [3.8, 4) is 0 Å². The molecule has 19 heavy (non-hydrogen) atoms. The molecular formula is C16H22FNO. The maximum Gasteiger partial charge on any atom is 0.254 e. The van der Waals surface area contributed by atoms with Crippen LogP contribution in [0, 0.1) is 18.7 Å². The summed E-state index contributed by atoms with van der Waals surface area (Å²) >= 11 is 0. The summed E-state index contributed by atoms with van der Waals surface area (Å²) in [5.41, 5.74) is 1.06. The number of rotatable bonds is 4. The summed E-state index contributed by atoms with van der Waals surface area (Å²) in [5.74, 6) is -0.00539. The third kappa shape index (κ3) is 4.05. The van der Waals surface area contributed by atoms with Crippen molar-refractivity contribution in [2.45, 2.75) is 45.4 Å². The van der Waals surface area contributed by atoms with Crippen molar-refractivity contribution in [3.63, 3.8) is 0 Å². The second-order valence-electron chi connectivity index (χ2n) is 5.53. The van der Waals surface area contributed by atoms with Gasteiger partial charge in [-0.3, -0.25) is 4.79 Å². The molecule has 1 saturated carbocycles. The molecule has 0 aromatic heterocycles. The molecule has 1 aromatic carbocycles. The number of nitrogens with one attached hydrogen (secondary N) is 1. The highest BCUT2D eigenvalue weighted by atomic mass is 19.1. The first-order valence-corrected chi connectivity index (χ1v) is 7.21. The van der Waals surface area contributed by atoms with E-state index in [1.165, 1.54) is 38.2 Å². The third-order valence-electron chi connectivity index (χ3n) is 3.93. The van der Waals surface area contributed by atoms with Crippen molar-refractivity contribution < 1.29 is 9.18 Å². The lowest BCUT2D eigenvalue weighted by Gasteiger charge is -2.21. The minimum absolute atomic E-state index is 0.156. The summed E-state index contributed by atoms with van der Waals surface area (Å²) < 4.78 is 13.5. The SMILES string of the molecule is Cc1ccc(F)c(C(=O)NCCC2CCCCC2)c1. The Morgan fingerprint density at radius 1 is 1.32 bits per heavy atom. The third-order valence-corrected chi connectivity index (χ3v) is 3.93. The molecule has 0 spiro atoms. The summed E-state index contributed by atoms with van der Waals surface area (Å²) in [6.07, 6.45) is 7.52. The fraction of sp³-hybridized carbons (Fsp3) is 0.562. The van der Waals surface area contributed by atoms with Gasteiger partial charge in [-0.25, -0.2) is 4.39 Å². The minimum Gasteiger partial charge on any atom is -0.352 e. The molecule has 0 aliphatic heterocycles.